The van der Waals surface area contributed by atoms with E-state index in [1.54, 1.807) is 0 Å². The first kappa shape index (κ1) is 22.9. The molecular formula is C20H34IN7S. The number of nitrogens with one attached hydrogen (secondary N) is 1. The van der Waals surface area contributed by atoms with Crippen LogP contribution in [0, 0.1) is 0 Å². The fourth-order valence-electron chi connectivity index (χ4n) is 4.82. The highest BCUT2D eigenvalue weighted by Gasteiger charge is 2.40. The van der Waals surface area contributed by atoms with E-state index in [0.29, 0.717) is 5.54 Å². The normalized spacial score (nSPS) is 23.0. The minimum atomic E-state index is 0. The number of hydrogen-bond acceptors (Lipinski definition) is 6. The summed E-state index contributed by atoms with van der Waals surface area (Å²) < 4.78 is 0. The van der Waals surface area contributed by atoms with E-state index in [1.807, 2.05) is 25.5 Å². The van der Waals surface area contributed by atoms with E-state index in [1.165, 1.54) is 50.3 Å². The van der Waals surface area contributed by atoms with Gasteiger partial charge in [-0.1, -0.05) is 12.8 Å². The molecule has 0 unspecified atom stereocenters. The van der Waals surface area contributed by atoms with Gasteiger partial charge in [0.2, 0.25) is 5.95 Å². The van der Waals surface area contributed by atoms with Crippen molar-refractivity contribution in [1.82, 2.24) is 25.1 Å². The SMILES string of the molecule is CN=C(NCC1(N2CCSCC2)CCCC1)N1CCN(c2ncccn2)CC1.I. The van der Waals surface area contributed by atoms with Crippen molar-refractivity contribution in [2.24, 2.45) is 4.99 Å². The molecule has 2 aliphatic heterocycles. The van der Waals surface area contributed by atoms with E-state index >= 15 is 0 Å². The van der Waals surface area contributed by atoms with Crippen LogP contribution in [-0.4, -0.2) is 95.6 Å². The van der Waals surface area contributed by atoms with Crippen molar-refractivity contribution in [3.8, 4) is 0 Å². The maximum absolute atomic E-state index is 4.61. The summed E-state index contributed by atoms with van der Waals surface area (Å²) in [5.41, 5.74) is 0.330. The lowest BCUT2D eigenvalue weighted by molar-refractivity contribution is 0.106. The maximum atomic E-state index is 4.61. The van der Waals surface area contributed by atoms with Gasteiger partial charge in [-0.3, -0.25) is 9.89 Å². The molecule has 1 aromatic rings. The van der Waals surface area contributed by atoms with Gasteiger partial charge in [0, 0.05) is 82.3 Å². The molecule has 4 rings (SSSR count). The van der Waals surface area contributed by atoms with Crippen LogP contribution in [0.25, 0.3) is 0 Å². The topological polar surface area (TPSA) is 59.9 Å². The summed E-state index contributed by atoms with van der Waals surface area (Å²) in [6, 6.07) is 1.87. The number of anilines is 1. The van der Waals surface area contributed by atoms with Crippen LogP contribution in [0.2, 0.25) is 0 Å². The molecule has 0 aromatic carbocycles. The first-order chi connectivity index (χ1) is 13.8. The van der Waals surface area contributed by atoms with E-state index < -0.39 is 0 Å². The molecule has 1 aliphatic carbocycles. The van der Waals surface area contributed by atoms with Crippen molar-refractivity contribution in [1.29, 1.82) is 0 Å². The van der Waals surface area contributed by atoms with Crippen LogP contribution < -0.4 is 10.2 Å². The summed E-state index contributed by atoms with van der Waals surface area (Å²) in [6.07, 6.45) is 8.99. The molecule has 0 radical (unpaired) electrons. The smallest absolute Gasteiger partial charge is 0.225 e. The minimum absolute atomic E-state index is 0. The van der Waals surface area contributed by atoms with Crippen LogP contribution in [0.3, 0.4) is 0 Å². The molecule has 3 heterocycles. The fourth-order valence-corrected chi connectivity index (χ4v) is 5.73. The molecule has 1 saturated carbocycles. The molecule has 1 aromatic heterocycles. The van der Waals surface area contributed by atoms with Crippen molar-refractivity contribution in [2.75, 3.05) is 69.3 Å². The van der Waals surface area contributed by atoms with Crippen LogP contribution in [0.4, 0.5) is 5.95 Å². The molecule has 0 spiro atoms. The zero-order valence-electron chi connectivity index (χ0n) is 17.4. The Bertz CT molecular complexity index is 639. The zero-order valence-corrected chi connectivity index (χ0v) is 20.6. The second-order valence-corrected chi connectivity index (χ2v) is 9.18. The largest absolute Gasteiger partial charge is 0.354 e. The van der Waals surface area contributed by atoms with E-state index in [-0.39, 0.29) is 24.0 Å². The maximum Gasteiger partial charge on any atom is 0.225 e. The average molecular weight is 532 g/mol. The highest BCUT2D eigenvalue weighted by molar-refractivity contribution is 14.0. The molecule has 1 N–H and O–H groups in total. The van der Waals surface area contributed by atoms with Crippen molar-refractivity contribution >= 4 is 47.6 Å². The fraction of sp³-hybridized carbons (Fsp3) is 0.750. The molecule has 29 heavy (non-hydrogen) atoms. The number of hydrogen-bond donors (Lipinski definition) is 1. The first-order valence-electron chi connectivity index (χ1n) is 10.6. The molecule has 162 valence electrons. The second-order valence-electron chi connectivity index (χ2n) is 7.95. The monoisotopic (exact) mass is 531 g/mol. The van der Waals surface area contributed by atoms with Gasteiger partial charge in [-0.2, -0.15) is 11.8 Å². The van der Waals surface area contributed by atoms with Gasteiger partial charge >= 0.3 is 0 Å². The Kier molecular flexibility index (Phi) is 8.67. The number of aliphatic imine (C=N–C) groups is 1. The van der Waals surface area contributed by atoms with Crippen molar-refractivity contribution in [3.63, 3.8) is 0 Å². The van der Waals surface area contributed by atoms with Gasteiger partial charge in [-0.05, 0) is 18.9 Å². The summed E-state index contributed by atoms with van der Waals surface area (Å²) >= 11 is 2.10. The lowest BCUT2D eigenvalue weighted by Gasteiger charge is -2.44. The molecule has 0 bridgehead atoms. The standard InChI is InChI=1S/C20H33N7S.HI/c1-21-18(25-9-11-26(12-10-25)19-22-7-4-8-23-19)24-17-20(5-2-3-6-20)27-13-15-28-16-14-27;/h4,7-8H,2-3,5-6,9-17H2,1H3,(H,21,24);1H. The number of aromatic nitrogens is 2. The van der Waals surface area contributed by atoms with E-state index in [9.17, 15) is 0 Å². The molecule has 0 amide bonds. The van der Waals surface area contributed by atoms with Crippen molar-refractivity contribution in [2.45, 2.75) is 31.2 Å². The Morgan fingerprint density at radius 3 is 2.34 bits per heavy atom. The van der Waals surface area contributed by atoms with Crippen molar-refractivity contribution in [3.05, 3.63) is 18.5 Å². The van der Waals surface area contributed by atoms with E-state index in [2.05, 4.69) is 46.7 Å². The number of rotatable bonds is 4. The highest BCUT2D eigenvalue weighted by Crippen LogP contribution is 2.36. The molecule has 3 aliphatic rings. The van der Waals surface area contributed by atoms with Crippen LogP contribution in [0.5, 0.6) is 0 Å². The number of piperazine rings is 1. The van der Waals surface area contributed by atoms with Crippen LogP contribution in [0.1, 0.15) is 25.7 Å². The number of thioether (sulfide) groups is 1. The predicted octanol–water partition coefficient (Wildman–Crippen LogP) is 2.15. The van der Waals surface area contributed by atoms with Gasteiger partial charge in [0.25, 0.3) is 0 Å². The Morgan fingerprint density at radius 1 is 1.07 bits per heavy atom. The van der Waals surface area contributed by atoms with Gasteiger partial charge in [-0.15, -0.1) is 24.0 Å². The van der Waals surface area contributed by atoms with Gasteiger partial charge < -0.3 is 15.1 Å². The molecule has 7 nitrogen and oxygen atoms in total. The lowest BCUT2D eigenvalue weighted by atomic mass is 9.94. The number of nitrogens with zero attached hydrogens (tertiary/aromatic N) is 6. The van der Waals surface area contributed by atoms with E-state index in [4.69, 9.17) is 0 Å². The number of halogens is 1. The van der Waals surface area contributed by atoms with Crippen molar-refractivity contribution < 1.29 is 0 Å². The first-order valence-corrected chi connectivity index (χ1v) is 11.8. The molecular weight excluding hydrogens is 497 g/mol. The average Bonchev–Trinajstić information content (AvgIpc) is 3.26. The highest BCUT2D eigenvalue weighted by atomic mass is 127. The Morgan fingerprint density at radius 2 is 1.72 bits per heavy atom. The third-order valence-corrected chi connectivity index (χ3v) is 7.36. The van der Waals surface area contributed by atoms with Gasteiger partial charge in [-0.25, -0.2) is 9.97 Å². The van der Waals surface area contributed by atoms with Crippen LogP contribution >= 0.6 is 35.7 Å². The summed E-state index contributed by atoms with van der Waals surface area (Å²) in [6.45, 7) is 7.25. The zero-order chi connectivity index (χ0) is 19.2. The van der Waals surface area contributed by atoms with Crippen LogP contribution in [-0.2, 0) is 0 Å². The predicted molar refractivity (Wildman–Crippen MR) is 133 cm³/mol. The van der Waals surface area contributed by atoms with Gasteiger partial charge in [0.1, 0.15) is 0 Å². The third-order valence-electron chi connectivity index (χ3n) is 6.42. The summed E-state index contributed by atoms with van der Waals surface area (Å²) in [5, 5.41) is 3.75. The summed E-state index contributed by atoms with van der Waals surface area (Å²) in [5.74, 6) is 4.43. The molecule has 0 atom stereocenters. The van der Waals surface area contributed by atoms with E-state index in [0.717, 1.165) is 44.6 Å². The second kappa shape index (κ2) is 11.0. The Labute approximate surface area is 196 Å². The number of guanidine groups is 1. The van der Waals surface area contributed by atoms with Crippen LogP contribution in [0.15, 0.2) is 23.5 Å². The Balaban J connectivity index is 0.00000240. The Hall–Kier alpha value is -0.810. The van der Waals surface area contributed by atoms with Gasteiger partial charge in [0.15, 0.2) is 5.96 Å². The molecule has 3 fully saturated rings. The molecule has 2 saturated heterocycles. The third kappa shape index (κ3) is 5.46. The molecule has 9 heteroatoms. The summed E-state index contributed by atoms with van der Waals surface area (Å²) in [4.78, 5) is 20.8. The minimum Gasteiger partial charge on any atom is -0.354 e. The quantitative estimate of drug-likeness (QED) is 0.363. The summed E-state index contributed by atoms with van der Waals surface area (Å²) in [7, 11) is 1.91. The van der Waals surface area contributed by atoms with Gasteiger partial charge in [0.05, 0.1) is 0 Å². The lowest BCUT2D eigenvalue weighted by Crippen LogP contribution is -2.59.